The number of benzene rings is 3. The first-order valence-corrected chi connectivity index (χ1v) is 11.7. The first-order valence-electron chi connectivity index (χ1n) is 10.3. The molecule has 1 aromatic heterocycles. The first-order chi connectivity index (χ1) is 15.5. The van der Waals surface area contributed by atoms with Crippen molar-refractivity contribution in [3.05, 3.63) is 96.2 Å². The van der Waals surface area contributed by atoms with Crippen LogP contribution in [0.4, 0.5) is 0 Å². The number of hydrogen-bond donors (Lipinski definition) is 0. The molecule has 4 aromatic rings. The average molecular weight is 449 g/mol. The number of ether oxygens (including phenoxy) is 2. The van der Waals surface area contributed by atoms with Gasteiger partial charge in [0, 0.05) is 5.56 Å². The Balaban J connectivity index is 1.79. The van der Waals surface area contributed by atoms with Crippen molar-refractivity contribution in [1.29, 1.82) is 0 Å². The fourth-order valence-electron chi connectivity index (χ4n) is 3.27. The van der Waals surface area contributed by atoms with Crippen molar-refractivity contribution in [2.45, 2.75) is 25.3 Å². The summed E-state index contributed by atoms with van der Waals surface area (Å²) in [7, 11) is -3.89. The van der Waals surface area contributed by atoms with Crippen molar-refractivity contribution in [3.8, 4) is 22.8 Å². The van der Waals surface area contributed by atoms with Crippen molar-refractivity contribution in [1.82, 2.24) is 9.19 Å². The summed E-state index contributed by atoms with van der Waals surface area (Å²) < 4.78 is 39.2. The van der Waals surface area contributed by atoms with Crippen LogP contribution in [0.15, 0.2) is 90.0 Å². The molecule has 32 heavy (non-hydrogen) atoms. The third kappa shape index (κ3) is 4.53. The zero-order chi connectivity index (χ0) is 22.6. The second-order valence-corrected chi connectivity index (χ2v) is 9.04. The topological polar surface area (TPSA) is 70.4 Å². The summed E-state index contributed by atoms with van der Waals surface area (Å²) in [4.78, 5) is 0.157. The van der Waals surface area contributed by atoms with Crippen molar-refractivity contribution in [2.24, 2.45) is 0 Å². The molecule has 164 valence electrons. The maximum Gasteiger partial charge on any atom is 0.283 e. The Morgan fingerprint density at radius 2 is 1.53 bits per heavy atom. The van der Waals surface area contributed by atoms with E-state index in [0.717, 1.165) is 15.2 Å². The number of hydrogen-bond acceptors (Lipinski definition) is 5. The third-order valence-corrected chi connectivity index (χ3v) is 6.47. The van der Waals surface area contributed by atoms with Gasteiger partial charge in [-0.1, -0.05) is 66.2 Å². The van der Waals surface area contributed by atoms with Crippen LogP contribution in [-0.2, 0) is 16.6 Å². The van der Waals surface area contributed by atoms with E-state index in [0.29, 0.717) is 23.5 Å². The van der Waals surface area contributed by atoms with Crippen LogP contribution in [0.3, 0.4) is 0 Å². The number of rotatable bonds is 8. The number of nitrogens with zero attached hydrogens (tertiary/aromatic N) is 2. The van der Waals surface area contributed by atoms with Gasteiger partial charge in [-0.3, -0.25) is 0 Å². The molecule has 0 bridgehead atoms. The van der Waals surface area contributed by atoms with Gasteiger partial charge in [0.15, 0.2) is 0 Å². The molecule has 0 atom stereocenters. The van der Waals surface area contributed by atoms with Gasteiger partial charge in [-0.15, -0.1) is 5.10 Å². The number of aromatic nitrogens is 2. The molecule has 3 aromatic carbocycles. The smallest absolute Gasteiger partial charge is 0.283 e. The standard InChI is InChI=1S/C25H24N2O4S/c1-3-30-24-12-8-7-11-22(24)23-17-27(32(28,29)21-15-13-19(2)14-16-21)26-25(23)31-18-20-9-5-4-6-10-20/h4-17H,3,18H2,1-2H3. The van der Waals surface area contributed by atoms with Gasteiger partial charge in [0.05, 0.1) is 23.3 Å². The summed E-state index contributed by atoms with van der Waals surface area (Å²) in [6.07, 6.45) is 1.48. The van der Waals surface area contributed by atoms with E-state index < -0.39 is 10.0 Å². The Labute approximate surface area is 188 Å². The first kappa shape index (κ1) is 21.6. The highest BCUT2D eigenvalue weighted by atomic mass is 32.2. The molecular weight excluding hydrogens is 424 g/mol. The average Bonchev–Trinajstić information content (AvgIpc) is 3.24. The molecule has 0 aliphatic rings. The minimum atomic E-state index is -3.89. The van der Waals surface area contributed by atoms with Gasteiger partial charge >= 0.3 is 0 Å². The summed E-state index contributed by atoms with van der Waals surface area (Å²) in [6, 6.07) is 23.7. The molecular formula is C25H24N2O4S. The van der Waals surface area contributed by atoms with E-state index in [-0.39, 0.29) is 17.4 Å². The van der Waals surface area contributed by atoms with Crippen molar-refractivity contribution in [3.63, 3.8) is 0 Å². The van der Waals surface area contributed by atoms with E-state index in [9.17, 15) is 8.42 Å². The third-order valence-electron chi connectivity index (χ3n) is 4.92. The molecule has 4 rings (SSSR count). The van der Waals surface area contributed by atoms with Gasteiger partial charge in [0.25, 0.3) is 10.0 Å². The molecule has 7 heteroatoms. The molecule has 1 heterocycles. The lowest BCUT2D eigenvalue weighted by Gasteiger charge is -2.10. The van der Waals surface area contributed by atoms with E-state index in [4.69, 9.17) is 9.47 Å². The maximum atomic E-state index is 13.2. The van der Waals surface area contributed by atoms with Crippen molar-refractivity contribution >= 4 is 10.0 Å². The number of aryl methyl sites for hydroxylation is 1. The second-order valence-electron chi connectivity index (χ2n) is 7.24. The summed E-state index contributed by atoms with van der Waals surface area (Å²) >= 11 is 0. The van der Waals surface area contributed by atoms with E-state index >= 15 is 0 Å². The van der Waals surface area contributed by atoms with Crippen LogP contribution in [0, 0.1) is 6.92 Å². The Morgan fingerprint density at radius 1 is 0.844 bits per heavy atom. The zero-order valence-electron chi connectivity index (χ0n) is 17.9. The molecule has 0 saturated carbocycles. The summed E-state index contributed by atoms with van der Waals surface area (Å²) in [5.74, 6) is 0.850. The maximum absolute atomic E-state index is 13.2. The Kier molecular flexibility index (Phi) is 6.28. The lowest BCUT2D eigenvalue weighted by Crippen LogP contribution is -2.13. The second kappa shape index (κ2) is 9.28. The van der Waals surface area contributed by atoms with E-state index in [2.05, 4.69) is 5.10 Å². The minimum absolute atomic E-state index is 0.157. The predicted octanol–water partition coefficient (Wildman–Crippen LogP) is 5.07. The van der Waals surface area contributed by atoms with E-state index in [1.165, 1.54) is 6.20 Å². The molecule has 0 aliphatic carbocycles. The van der Waals surface area contributed by atoms with Crippen molar-refractivity contribution in [2.75, 3.05) is 6.61 Å². The predicted molar refractivity (Wildman–Crippen MR) is 123 cm³/mol. The molecule has 0 aliphatic heterocycles. The van der Waals surface area contributed by atoms with Crippen LogP contribution in [0.2, 0.25) is 0 Å². The van der Waals surface area contributed by atoms with Crippen LogP contribution in [0.1, 0.15) is 18.1 Å². The fraction of sp³-hybridized carbons (Fsp3) is 0.160. The quantitative estimate of drug-likeness (QED) is 0.376. The van der Waals surface area contributed by atoms with Crippen LogP contribution in [0.5, 0.6) is 11.6 Å². The molecule has 0 saturated heterocycles. The lowest BCUT2D eigenvalue weighted by molar-refractivity contribution is 0.293. The highest BCUT2D eigenvalue weighted by Crippen LogP contribution is 2.37. The van der Waals surface area contributed by atoms with Crippen LogP contribution in [0.25, 0.3) is 11.1 Å². The summed E-state index contributed by atoms with van der Waals surface area (Å²) in [6.45, 7) is 4.54. The summed E-state index contributed by atoms with van der Waals surface area (Å²) in [5, 5.41) is 4.32. The van der Waals surface area contributed by atoms with Gasteiger partial charge in [0.1, 0.15) is 12.4 Å². The zero-order valence-corrected chi connectivity index (χ0v) is 18.7. The van der Waals surface area contributed by atoms with Gasteiger partial charge < -0.3 is 9.47 Å². The van der Waals surface area contributed by atoms with E-state index in [1.807, 2.05) is 68.4 Å². The highest BCUT2D eigenvalue weighted by Gasteiger charge is 2.24. The monoisotopic (exact) mass is 448 g/mol. The lowest BCUT2D eigenvalue weighted by atomic mass is 10.1. The summed E-state index contributed by atoms with van der Waals surface area (Å²) in [5.41, 5.74) is 3.18. The van der Waals surface area contributed by atoms with Crippen molar-refractivity contribution < 1.29 is 17.9 Å². The van der Waals surface area contributed by atoms with Crippen LogP contribution < -0.4 is 9.47 Å². The molecule has 0 amide bonds. The van der Waals surface area contributed by atoms with Gasteiger partial charge in [0.2, 0.25) is 5.88 Å². The fourth-order valence-corrected chi connectivity index (χ4v) is 4.39. The largest absolute Gasteiger partial charge is 0.493 e. The molecule has 0 fully saturated rings. The molecule has 0 spiro atoms. The molecule has 0 unspecified atom stereocenters. The Bertz CT molecular complexity index is 1300. The number of para-hydroxylation sites is 1. The minimum Gasteiger partial charge on any atom is -0.493 e. The van der Waals surface area contributed by atoms with E-state index in [1.54, 1.807) is 24.3 Å². The molecule has 0 N–H and O–H groups in total. The molecule has 6 nitrogen and oxygen atoms in total. The highest BCUT2D eigenvalue weighted by molar-refractivity contribution is 7.89. The van der Waals surface area contributed by atoms with Gasteiger partial charge in [-0.2, -0.15) is 12.5 Å². The van der Waals surface area contributed by atoms with Crippen LogP contribution in [-0.4, -0.2) is 24.2 Å². The normalized spacial score (nSPS) is 11.3. The van der Waals surface area contributed by atoms with Gasteiger partial charge in [-0.25, -0.2) is 0 Å². The van der Waals surface area contributed by atoms with Crippen LogP contribution >= 0.6 is 0 Å². The Morgan fingerprint density at radius 3 is 2.25 bits per heavy atom. The Hall–Kier alpha value is -3.58. The SMILES string of the molecule is CCOc1ccccc1-c1cn(S(=O)(=O)c2ccc(C)cc2)nc1OCc1ccccc1. The van der Waals surface area contributed by atoms with Gasteiger partial charge in [-0.05, 0) is 37.6 Å². The molecule has 0 radical (unpaired) electrons.